The van der Waals surface area contributed by atoms with Crippen LogP contribution in [0.5, 0.6) is 0 Å². The summed E-state index contributed by atoms with van der Waals surface area (Å²) in [7, 11) is 0. The minimum atomic E-state index is -4.45. The average molecular weight is 404 g/mol. The van der Waals surface area contributed by atoms with Crippen LogP contribution in [0.1, 0.15) is 11.4 Å². The van der Waals surface area contributed by atoms with Crippen LogP contribution in [0.25, 0.3) is 11.0 Å². The summed E-state index contributed by atoms with van der Waals surface area (Å²) in [6.07, 6.45) is -5.69. The van der Waals surface area contributed by atoms with E-state index in [-0.39, 0.29) is 33.6 Å². The third-order valence-electron chi connectivity index (χ3n) is 3.74. The SMILES string of the molecule is O=[N+]([O-])c1ccc(Cn2c(CC(F)(F)F)nc3c(Cl)c(Cl)ccc32)cc1. The first-order chi connectivity index (χ1) is 12.2. The summed E-state index contributed by atoms with van der Waals surface area (Å²) in [5.74, 6) is -0.213. The molecule has 0 unspecified atom stereocenters. The predicted octanol–water partition coefficient (Wildman–Crippen LogP) is 5.40. The smallest absolute Gasteiger partial charge is 0.323 e. The van der Waals surface area contributed by atoms with Gasteiger partial charge in [-0.2, -0.15) is 13.2 Å². The molecular formula is C16H10Cl2F3N3O2. The Balaban J connectivity index is 2.08. The van der Waals surface area contributed by atoms with E-state index in [1.807, 2.05) is 0 Å². The van der Waals surface area contributed by atoms with Gasteiger partial charge < -0.3 is 4.57 Å². The number of halogens is 5. The van der Waals surface area contributed by atoms with Crippen molar-refractivity contribution in [3.05, 3.63) is 67.9 Å². The molecule has 0 radical (unpaired) electrons. The second-order valence-corrected chi connectivity index (χ2v) is 6.34. The van der Waals surface area contributed by atoms with Crippen molar-refractivity contribution in [1.82, 2.24) is 9.55 Å². The molecule has 1 heterocycles. The molecule has 26 heavy (non-hydrogen) atoms. The van der Waals surface area contributed by atoms with Crippen LogP contribution in [0.2, 0.25) is 10.0 Å². The van der Waals surface area contributed by atoms with Gasteiger partial charge in [0.2, 0.25) is 0 Å². The molecule has 0 amide bonds. The Kier molecular flexibility index (Phi) is 4.81. The molecule has 3 rings (SSSR count). The maximum atomic E-state index is 12.9. The van der Waals surface area contributed by atoms with Gasteiger partial charge in [-0.25, -0.2) is 4.98 Å². The van der Waals surface area contributed by atoms with E-state index in [1.54, 1.807) is 6.07 Å². The quantitative estimate of drug-likeness (QED) is 0.432. The van der Waals surface area contributed by atoms with Crippen molar-refractivity contribution in [3.8, 4) is 0 Å². The van der Waals surface area contributed by atoms with Crippen molar-refractivity contribution in [3.63, 3.8) is 0 Å². The van der Waals surface area contributed by atoms with Crippen LogP contribution in [0.4, 0.5) is 18.9 Å². The largest absolute Gasteiger partial charge is 0.396 e. The van der Waals surface area contributed by atoms with Crippen LogP contribution in [-0.2, 0) is 13.0 Å². The molecule has 136 valence electrons. The second-order valence-electron chi connectivity index (χ2n) is 5.56. The summed E-state index contributed by atoms with van der Waals surface area (Å²) in [5.41, 5.74) is 1.07. The number of nitro groups is 1. The molecule has 5 nitrogen and oxygen atoms in total. The van der Waals surface area contributed by atoms with Crippen molar-refractivity contribution >= 4 is 39.9 Å². The minimum Gasteiger partial charge on any atom is -0.323 e. The van der Waals surface area contributed by atoms with Gasteiger partial charge in [-0.3, -0.25) is 10.1 Å². The van der Waals surface area contributed by atoms with Crippen LogP contribution in [0.15, 0.2) is 36.4 Å². The highest BCUT2D eigenvalue weighted by Gasteiger charge is 2.31. The highest BCUT2D eigenvalue weighted by atomic mass is 35.5. The first kappa shape index (κ1) is 18.5. The number of aromatic nitrogens is 2. The summed E-state index contributed by atoms with van der Waals surface area (Å²) in [6, 6.07) is 8.58. The maximum absolute atomic E-state index is 12.9. The molecule has 0 saturated carbocycles. The standard InChI is InChI=1S/C16H10Cl2F3N3O2/c17-11-5-6-12-15(14(11)18)22-13(7-16(19,20)21)23(12)8-9-1-3-10(4-2-9)24(25)26/h1-6H,7-8H2. The molecule has 0 saturated heterocycles. The van der Waals surface area contributed by atoms with E-state index in [2.05, 4.69) is 4.98 Å². The first-order valence-electron chi connectivity index (χ1n) is 7.29. The highest BCUT2D eigenvalue weighted by Crippen LogP contribution is 2.33. The predicted molar refractivity (Wildman–Crippen MR) is 91.7 cm³/mol. The number of benzene rings is 2. The Morgan fingerprint density at radius 3 is 2.35 bits per heavy atom. The summed E-state index contributed by atoms with van der Waals surface area (Å²) in [6.45, 7) is 0.0534. The molecule has 10 heteroatoms. The van der Waals surface area contributed by atoms with Gasteiger partial charge in [0.25, 0.3) is 5.69 Å². The molecule has 0 bridgehead atoms. The number of nitro benzene ring substituents is 1. The molecule has 0 spiro atoms. The molecular weight excluding hydrogens is 394 g/mol. The number of rotatable bonds is 4. The van der Waals surface area contributed by atoms with Crippen LogP contribution in [0, 0.1) is 10.1 Å². The van der Waals surface area contributed by atoms with Crippen molar-refractivity contribution in [2.75, 3.05) is 0 Å². The molecule has 3 aromatic rings. The third-order valence-corrected chi connectivity index (χ3v) is 4.53. The van der Waals surface area contributed by atoms with E-state index in [9.17, 15) is 23.3 Å². The van der Waals surface area contributed by atoms with Gasteiger partial charge in [0, 0.05) is 18.7 Å². The zero-order valence-electron chi connectivity index (χ0n) is 12.9. The Morgan fingerprint density at radius 2 is 1.77 bits per heavy atom. The van der Waals surface area contributed by atoms with Crippen LogP contribution >= 0.6 is 23.2 Å². The Hall–Kier alpha value is -2.32. The topological polar surface area (TPSA) is 61.0 Å². The van der Waals surface area contributed by atoms with E-state index in [4.69, 9.17) is 23.2 Å². The average Bonchev–Trinajstić information content (AvgIpc) is 2.88. The van der Waals surface area contributed by atoms with Gasteiger partial charge in [0.05, 0.1) is 20.5 Å². The van der Waals surface area contributed by atoms with Gasteiger partial charge in [0.15, 0.2) is 0 Å². The maximum Gasteiger partial charge on any atom is 0.396 e. The molecule has 0 N–H and O–H groups in total. The van der Waals surface area contributed by atoms with E-state index >= 15 is 0 Å². The fraction of sp³-hybridized carbons (Fsp3) is 0.188. The zero-order valence-corrected chi connectivity index (χ0v) is 14.4. The summed E-state index contributed by atoms with van der Waals surface area (Å²) >= 11 is 12.0. The monoisotopic (exact) mass is 403 g/mol. The molecule has 0 atom stereocenters. The summed E-state index contributed by atoms with van der Waals surface area (Å²) in [4.78, 5) is 14.2. The third kappa shape index (κ3) is 3.76. The van der Waals surface area contributed by atoms with Crippen molar-refractivity contribution < 1.29 is 18.1 Å². The van der Waals surface area contributed by atoms with Gasteiger partial charge >= 0.3 is 6.18 Å². The van der Waals surface area contributed by atoms with E-state index in [1.165, 1.54) is 34.9 Å². The lowest BCUT2D eigenvalue weighted by molar-refractivity contribution is -0.384. The van der Waals surface area contributed by atoms with Crippen LogP contribution < -0.4 is 0 Å². The number of imidazole rings is 1. The van der Waals surface area contributed by atoms with Gasteiger partial charge in [-0.1, -0.05) is 35.3 Å². The van der Waals surface area contributed by atoms with E-state index in [0.717, 1.165) is 0 Å². The Bertz CT molecular complexity index is 985. The molecule has 0 aliphatic rings. The number of non-ortho nitro benzene ring substituents is 1. The fourth-order valence-corrected chi connectivity index (χ4v) is 2.93. The van der Waals surface area contributed by atoms with Crippen LogP contribution in [0.3, 0.4) is 0 Å². The molecule has 0 fully saturated rings. The van der Waals surface area contributed by atoms with Crippen molar-refractivity contribution in [1.29, 1.82) is 0 Å². The fourth-order valence-electron chi connectivity index (χ4n) is 2.58. The zero-order chi connectivity index (χ0) is 19.1. The molecule has 0 aliphatic heterocycles. The van der Waals surface area contributed by atoms with Crippen LogP contribution in [-0.4, -0.2) is 20.7 Å². The lowest BCUT2D eigenvalue weighted by Gasteiger charge is -2.11. The van der Waals surface area contributed by atoms with Gasteiger partial charge in [0.1, 0.15) is 17.8 Å². The number of hydrogen-bond donors (Lipinski definition) is 0. The molecule has 0 aliphatic carbocycles. The summed E-state index contributed by atoms with van der Waals surface area (Å²) in [5, 5.41) is 11.0. The number of alkyl halides is 3. The lowest BCUT2D eigenvalue weighted by Crippen LogP contribution is -2.16. The minimum absolute atomic E-state index is 0.0534. The number of hydrogen-bond acceptors (Lipinski definition) is 3. The van der Waals surface area contributed by atoms with Gasteiger partial charge in [-0.15, -0.1) is 0 Å². The second kappa shape index (κ2) is 6.77. The van der Waals surface area contributed by atoms with Crippen molar-refractivity contribution in [2.45, 2.75) is 19.1 Å². The van der Waals surface area contributed by atoms with E-state index < -0.39 is 17.5 Å². The number of fused-ring (bicyclic) bond motifs is 1. The Labute approximate surface area is 155 Å². The molecule has 2 aromatic carbocycles. The summed E-state index contributed by atoms with van der Waals surface area (Å²) < 4.78 is 40.1. The number of nitrogens with zero attached hydrogens (tertiary/aromatic N) is 3. The normalized spacial score (nSPS) is 11.9. The first-order valence-corrected chi connectivity index (χ1v) is 8.04. The Morgan fingerprint density at radius 1 is 1.12 bits per heavy atom. The van der Waals surface area contributed by atoms with Crippen molar-refractivity contribution in [2.24, 2.45) is 0 Å². The highest BCUT2D eigenvalue weighted by molar-refractivity contribution is 6.44. The lowest BCUT2D eigenvalue weighted by atomic mass is 10.2. The molecule has 1 aromatic heterocycles. The van der Waals surface area contributed by atoms with E-state index in [0.29, 0.717) is 11.1 Å². The van der Waals surface area contributed by atoms with Gasteiger partial charge in [-0.05, 0) is 17.7 Å².